The molecule has 1 fully saturated rings. The van der Waals surface area contributed by atoms with Crippen LogP contribution in [0.1, 0.15) is 6.42 Å². The molecule has 1 aliphatic heterocycles. The summed E-state index contributed by atoms with van der Waals surface area (Å²) in [6, 6.07) is 6.59. The van der Waals surface area contributed by atoms with Gasteiger partial charge in [0.25, 0.3) is 0 Å². The summed E-state index contributed by atoms with van der Waals surface area (Å²) in [7, 11) is 0. The number of nitrogens with one attached hydrogen (secondary N) is 2. The van der Waals surface area contributed by atoms with Crippen molar-refractivity contribution >= 4 is 24.0 Å². The minimum absolute atomic E-state index is 0. The van der Waals surface area contributed by atoms with E-state index in [1.165, 1.54) is 0 Å². The first-order valence-electron chi connectivity index (χ1n) is 5.06. The van der Waals surface area contributed by atoms with Crippen LogP contribution in [0.4, 0.5) is 5.69 Å². The maximum absolute atomic E-state index is 11.7. The van der Waals surface area contributed by atoms with Gasteiger partial charge in [-0.1, -0.05) is 6.07 Å². The van der Waals surface area contributed by atoms with Crippen LogP contribution in [0.5, 0.6) is 5.75 Å². The van der Waals surface area contributed by atoms with Gasteiger partial charge in [0.1, 0.15) is 5.75 Å². The molecule has 0 saturated carbocycles. The lowest BCUT2D eigenvalue weighted by Gasteiger charge is -2.09. The van der Waals surface area contributed by atoms with E-state index in [2.05, 4.69) is 10.6 Å². The topological polar surface area (TPSA) is 61.4 Å². The molecule has 0 aromatic heterocycles. The second-order valence-corrected chi connectivity index (χ2v) is 3.73. The minimum atomic E-state index is 0. The molecule has 1 amide bonds. The SMILES string of the molecule is Cl.O=C(Nc1cccc(O)c1)C1CCNC1. The Kier molecular flexibility index (Phi) is 4.58. The van der Waals surface area contributed by atoms with Gasteiger partial charge in [-0.2, -0.15) is 0 Å². The molecular formula is C11H15ClN2O2. The van der Waals surface area contributed by atoms with Crippen molar-refractivity contribution in [3.05, 3.63) is 24.3 Å². The summed E-state index contributed by atoms with van der Waals surface area (Å²) in [5, 5.41) is 15.2. The van der Waals surface area contributed by atoms with Gasteiger partial charge in [0, 0.05) is 18.3 Å². The Balaban J connectivity index is 0.00000128. The molecule has 3 N–H and O–H groups in total. The number of phenols is 1. The van der Waals surface area contributed by atoms with Crippen molar-refractivity contribution in [2.24, 2.45) is 5.92 Å². The number of anilines is 1. The Hall–Kier alpha value is -1.26. The Morgan fingerprint density at radius 2 is 2.31 bits per heavy atom. The van der Waals surface area contributed by atoms with Crippen LogP contribution in [0.2, 0.25) is 0 Å². The number of carbonyl (C=O) groups is 1. The number of hydrogen-bond acceptors (Lipinski definition) is 3. The van der Waals surface area contributed by atoms with E-state index in [0.717, 1.165) is 19.5 Å². The second-order valence-electron chi connectivity index (χ2n) is 3.73. The molecule has 0 spiro atoms. The molecule has 0 aliphatic carbocycles. The molecule has 4 nitrogen and oxygen atoms in total. The maximum atomic E-state index is 11.7. The normalized spacial score (nSPS) is 18.9. The van der Waals surface area contributed by atoms with Crippen molar-refractivity contribution < 1.29 is 9.90 Å². The van der Waals surface area contributed by atoms with Crippen molar-refractivity contribution in [1.82, 2.24) is 5.32 Å². The molecule has 1 aliphatic rings. The highest BCUT2D eigenvalue weighted by Gasteiger charge is 2.22. The quantitative estimate of drug-likeness (QED) is 0.734. The predicted octanol–water partition coefficient (Wildman–Crippen LogP) is 1.36. The van der Waals surface area contributed by atoms with Crippen molar-refractivity contribution in [1.29, 1.82) is 0 Å². The molecule has 5 heteroatoms. The van der Waals surface area contributed by atoms with Gasteiger partial charge in [-0.25, -0.2) is 0 Å². The molecule has 1 heterocycles. The predicted molar refractivity (Wildman–Crippen MR) is 65.0 cm³/mol. The smallest absolute Gasteiger partial charge is 0.228 e. The lowest BCUT2D eigenvalue weighted by atomic mass is 10.1. The van der Waals surface area contributed by atoms with E-state index in [9.17, 15) is 9.90 Å². The summed E-state index contributed by atoms with van der Waals surface area (Å²) in [6.07, 6.45) is 0.880. The number of amides is 1. The number of carbonyl (C=O) groups excluding carboxylic acids is 1. The van der Waals surface area contributed by atoms with Crippen molar-refractivity contribution in [3.63, 3.8) is 0 Å². The monoisotopic (exact) mass is 242 g/mol. The molecule has 88 valence electrons. The summed E-state index contributed by atoms with van der Waals surface area (Å²) in [5.41, 5.74) is 0.645. The zero-order chi connectivity index (χ0) is 10.7. The van der Waals surface area contributed by atoms with E-state index in [0.29, 0.717) is 5.69 Å². The van der Waals surface area contributed by atoms with Gasteiger partial charge in [-0.15, -0.1) is 12.4 Å². The van der Waals surface area contributed by atoms with Crippen LogP contribution in [0.25, 0.3) is 0 Å². The van der Waals surface area contributed by atoms with E-state index in [1.807, 2.05) is 0 Å². The fourth-order valence-corrected chi connectivity index (χ4v) is 1.71. The molecule has 0 radical (unpaired) electrons. The Labute approximate surface area is 100 Å². The van der Waals surface area contributed by atoms with Crippen LogP contribution in [-0.4, -0.2) is 24.1 Å². The van der Waals surface area contributed by atoms with Gasteiger partial charge in [-0.3, -0.25) is 4.79 Å². The Morgan fingerprint density at radius 1 is 1.50 bits per heavy atom. The summed E-state index contributed by atoms with van der Waals surface area (Å²) < 4.78 is 0. The van der Waals surface area contributed by atoms with E-state index >= 15 is 0 Å². The molecule has 1 aromatic carbocycles. The lowest BCUT2D eigenvalue weighted by molar-refractivity contribution is -0.119. The molecule has 0 bridgehead atoms. The van der Waals surface area contributed by atoms with E-state index < -0.39 is 0 Å². The molecule has 2 rings (SSSR count). The molecule has 16 heavy (non-hydrogen) atoms. The minimum Gasteiger partial charge on any atom is -0.508 e. The standard InChI is InChI=1S/C11H14N2O2.ClH/c14-10-3-1-2-9(6-10)13-11(15)8-4-5-12-7-8;/h1-3,6,8,12,14H,4-5,7H2,(H,13,15);1H. The average molecular weight is 243 g/mol. The van der Waals surface area contributed by atoms with Crippen LogP contribution < -0.4 is 10.6 Å². The van der Waals surface area contributed by atoms with Crippen molar-refractivity contribution in [2.45, 2.75) is 6.42 Å². The molecule has 1 unspecified atom stereocenters. The van der Waals surface area contributed by atoms with E-state index in [-0.39, 0.29) is 30.0 Å². The van der Waals surface area contributed by atoms with Gasteiger partial charge in [0.05, 0.1) is 5.92 Å². The van der Waals surface area contributed by atoms with Gasteiger partial charge in [-0.05, 0) is 25.1 Å². The second kappa shape index (κ2) is 5.72. The zero-order valence-electron chi connectivity index (χ0n) is 8.77. The molecule has 1 atom stereocenters. The van der Waals surface area contributed by atoms with Gasteiger partial charge in [0.15, 0.2) is 0 Å². The fraction of sp³-hybridized carbons (Fsp3) is 0.364. The molecular weight excluding hydrogens is 228 g/mol. The lowest BCUT2D eigenvalue weighted by Crippen LogP contribution is -2.24. The number of rotatable bonds is 2. The van der Waals surface area contributed by atoms with Gasteiger partial charge < -0.3 is 15.7 Å². The van der Waals surface area contributed by atoms with Gasteiger partial charge in [0.2, 0.25) is 5.91 Å². The first-order chi connectivity index (χ1) is 7.25. The highest BCUT2D eigenvalue weighted by atomic mass is 35.5. The summed E-state index contributed by atoms with van der Waals surface area (Å²) in [4.78, 5) is 11.7. The Bertz CT molecular complexity index is 365. The number of hydrogen-bond donors (Lipinski definition) is 3. The van der Waals surface area contributed by atoms with Crippen molar-refractivity contribution in [2.75, 3.05) is 18.4 Å². The number of aromatic hydroxyl groups is 1. The number of benzene rings is 1. The van der Waals surface area contributed by atoms with Crippen LogP contribution in [0.15, 0.2) is 24.3 Å². The third-order valence-electron chi connectivity index (χ3n) is 2.54. The van der Waals surface area contributed by atoms with E-state index in [1.54, 1.807) is 24.3 Å². The molecule has 1 aromatic rings. The first-order valence-corrected chi connectivity index (χ1v) is 5.06. The average Bonchev–Trinajstić information content (AvgIpc) is 2.70. The third kappa shape index (κ3) is 3.12. The van der Waals surface area contributed by atoms with E-state index in [4.69, 9.17) is 0 Å². The summed E-state index contributed by atoms with van der Waals surface area (Å²) in [6.45, 7) is 1.64. The highest BCUT2D eigenvalue weighted by Crippen LogP contribution is 2.17. The third-order valence-corrected chi connectivity index (χ3v) is 2.54. The fourth-order valence-electron chi connectivity index (χ4n) is 1.71. The van der Waals surface area contributed by atoms with Crippen molar-refractivity contribution in [3.8, 4) is 5.75 Å². The maximum Gasteiger partial charge on any atom is 0.228 e. The van der Waals surface area contributed by atoms with Crippen LogP contribution in [-0.2, 0) is 4.79 Å². The number of halogens is 1. The molecule has 1 saturated heterocycles. The zero-order valence-corrected chi connectivity index (χ0v) is 9.59. The largest absolute Gasteiger partial charge is 0.508 e. The first kappa shape index (κ1) is 12.8. The highest BCUT2D eigenvalue weighted by molar-refractivity contribution is 5.93. The number of phenolic OH excluding ortho intramolecular Hbond substituents is 1. The van der Waals surface area contributed by atoms with Crippen LogP contribution in [0, 0.1) is 5.92 Å². The Morgan fingerprint density at radius 3 is 2.94 bits per heavy atom. The summed E-state index contributed by atoms with van der Waals surface area (Å²) >= 11 is 0. The summed E-state index contributed by atoms with van der Waals surface area (Å²) in [5.74, 6) is 0.232. The van der Waals surface area contributed by atoms with Crippen LogP contribution >= 0.6 is 12.4 Å². The van der Waals surface area contributed by atoms with Gasteiger partial charge >= 0.3 is 0 Å². The van der Waals surface area contributed by atoms with Crippen LogP contribution in [0.3, 0.4) is 0 Å².